The Bertz CT molecular complexity index is 1210. The van der Waals surface area contributed by atoms with Gasteiger partial charge < -0.3 is 9.73 Å². The van der Waals surface area contributed by atoms with E-state index in [9.17, 15) is 9.59 Å². The van der Waals surface area contributed by atoms with Crippen molar-refractivity contribution >= 4 is 16.9 Å². The van der Waals surface area contributed by atoms with Crippen molar-refractivity contribution in [1.82, 2.24) is 10.2 Å². The summed E-state index contributed by atoms with van der Waals surface area (Å²) in [4.78, 5) is 28.0. The van der Waals surface area contributed by atoms with Gasteiger partial charge in [0.05, 0.1) is 11.4 Å². The van der Waals surface area contributed by atoms with Gasteiger partial charge >= 0.3 is 0 Å². The van der Waals surface area contributed by atoms with Crippen molar-refractivity contribution in [2.45, 2.75) is 58.9 Å². The molecule has 33 heavy (non-hydrogen) atoms. The van der Waals surface area contributed by atoms with Crippen LogP contribution in [0.3, 0.4) is 0 Å². The van der Waals surface area contributed by atoms with E-state index in [0.717, 1.165) is 24.2 Å². The first-order chi connectivity index (χ1) is 15.6. The van der Waals surface area contributed by atoms with E-state index in [1.54, 1.807) is 0 Å². The lowest BCUT2D eigenvalue weighted by Crippen LogP contribution is -2.37. The second kappa shape index (κ2) is 9.14. The topological polar surface area (TPSA) is 62.6 Å². The molecule has 5 heteroatoms. The average Bonchev–Trinajstić information content (AvgIpc) is 3.29. The minimum atomic E-state index is -0.359. The van der Waals surface area contributed by atoms with Gasteiger partial charge in [-0.15, -0.1) is 0 Å². The predicted octanol–water partition coefficient (Wildman–Crippen LogP) is 5.27. The number of nitrogens with zero attached hydrogens (tertiary/aromatic N) is 1. The van der Waals surface area contributed by atoms with Gasteiger partial charge in [-0.25, -0.2) is 0 Å². The summed E-state index contributed by atoms with van der Waals surface area (Å²) >= 11 is 0. The monoisotopic (exact) mass is 446 g/mol. The molecular formula is C28H34N2O3. The zero-order valence-corrected chi connectivity index (χ0v) is 20.3. The van der Waals surface area contributed by atoms with E-state index in [1.807, 2.05) is 26.0 Å². The molecule has 1 aliphatic rings. The summed E-state index contributed by atoms with van der Waals surface area (Å²) in [5.41, 5.74) is 4.88. The summed E-state index contributed by atoms with van der Waals surface area (Å²) in [6, 6.07) is 13.8. The van der Waals surface area contributed by atoms with Crippen LogP contribution < -0.4 is 10.7 Å². The van der Waals surface area contributed by atoms with Crippen molar-refractivity contribution in [2.24, 2.45) is 0 Å². The fraction of sp³-hybridized carbons (Fsp3) is 0.429. The Morgan fingerprint density at radius 1 is 1.03 bits per heavy atom. The lowest BCUT2D eigenvalue weighted by atomic mass is 9.86. The van der Waals surface area contributed by atoms with Crippen molar-refractivity contribution in [2.75, 3.05) is 19.6 Å². The summed E-state index contributed by atoms with van der Waals surface area (Å²) in [5, 5.41) is 3.53. The van der Waals surface area contributed by atoms with Crippen molar-refractivity contribution in [3.8, 4) is 0 Å². The van der Waals surface area contributed by atoms with Crippen LogP contribution in [-0.4, -0.2) is 30.4 Å². The summed E-state index contributed by atoms with van der Waals surface area (Å²) in [6.45, 7) is 13.0. The van der Waals surface area contributed by atoms with Crippen LogP contribution >= 0.6 is 0 Å². The molecule has 0 unspecified atom stereocenters. The van der Waals surface area contributed by atoms with Gasteiger partial charge in [0.15, 0.2) is 11.2 Å². The third-order valence-corrected chi connectivity index (χ3v) is 6.77. The highest BCUT2D eigenvalue weighted by atomic mass is 16.3. The zero-order chi connectivity index (χ0) is 23.8. The molecule has 1 saturated heterocycles. The van der Waals surface area contributed by atoms with E-state index >= 15 is 0 Å². The summed E-state index contributed by atoms with van der Waals surface area (Å²) in [5.74, 6) is -0.304. The highest BCUT2D eigenvalue weighted by molar-refractivity contribution is 5.93. The lowest BCUT2D eigenvalue weighted by Gasteiger charge is -2.29. The van der Waals surface area contributed by atoms with Gasteiger partial charge in [-0.05, 0) is 79.6 Å². The first-order valence-electron chi connectivity index (χ1n) is 11.8. The molecular weight excluding hydrogens is 412 g/mol. The largest absolute Gasteiger partial charge is 0.451 e. The van der Waals surface area contributed by atoms with E-state index in [1.165, 1.54) is 30.0 Å². The van der Waals surface area contributed by atoms with Crippen LogP contribution in [0.4, 0.5) is 0 Å². The second-order valence-corrected chi connectivity index (χ2v) is 10.2. The highest BCUT2D eigenvalue weighted by Gasteiger charge is 2.25. The number of hydrogen-bond acceptors (Lipinski definition) is 4. The molecule has 1 amide bonds. The first kappa shape index (κ1) is 23.2. The second-order valence-electron chi connectivity index (χ2n) is 10.2. The predicted molar refractivity (Wildman–Crippen MR) is 133 cm³/mol. The van der Waals surface area contributed by atoms with Gasteiger partial charge in [-0.1, -0.05) is 45.0 Å². The van der Waals surface area contributed by atoms with Gasteiger partial charge in [0.1, 0.15) is 5.58 Å². The molecule has 0 bridgehead atoms. The van der Waals surface area contributed by atoms with E-state index in [-0.39, 0.29) is 28.6 Å². The minimum absolute atomic E-state index is 0.0546. The fourth-order valence-electron chi connectivity index (χ4n) is 4.52. The molecule has 1 aliphatic heterocycles. The maximum Gasteiger partial charge on any atom is 0.287 e. The van der Waals surface area contributed by atoms with E-state index < -0.39 is 0 Å². The van der Waals surface area contributed by atoms with Crippen LogP contribution in [-0.2, 0) is 5.41 Å². The molecule has 2 aromatic carbocycles. The smallest absolute Gasteiger partial charge is 0.287 e. The Balaban J connectivity index is 1.56. The van der Waals surface area contributed by atoms with Gasteiger partial charge in [0.25, 0.3) is 5.91 Å². The standard InChI is InChI=1S/C28H34N2O3/c1-18-14-22-24(31)16-26(33-25(22)15-19(18)2)27(32)29-17-23(30-12-6-7-13-30)20-8-10-21(11-9-20)28(3,4)5/h8-11,14-16,23H,6-7,12-13,17H2,1-5H3,(H,29,32)/t23-/m1/s1. The number of rotatable bonds is 5. The quantitative estimate of drug-likeness (QED) is 0.580. The molecule has 0 spiro atoms. The van der Waals surface area contributed by atoms with Crippen molar-refractivity contribution < 1.29 is 9.21 Å². The number of fused-ring (bicyclic) bond motifs is 1. The molecule has 2 heterocycles. The van der Waals surface area contributed by atoms with Gasteiger partial charge in [-0.3, -0.25) is 14.5 Å². The first-order valence-corrected chi connectivity index (χ1v) is 11.8. The number of carbonyl (C=O) groups is 1. The van der Waals surface area contributed by atoms with Crippen LogP contribution in [0.2, 0.25) is 0 Å². The van der Waals surface area contributed by atoms with Gasteiger partial charge in [-0.2, -0.15) is 0 Å². The summed E-state index contributed by atoms with van der Waals surface area (Å²) < 4.78 is 5.83. The lowest BCUT2D eigenvalue weighted by molar-refractivity contribution is 0.0910. The zero-order valence-electron chi connectivity index (χ0n) is 20.3. The van der Waals surface area contributed by atoms with Gasteiger partial charge in [0, 0.05) is 12.6 Å². The van der Waals surface area contributed by atoms with E-state index in [0.29, 0.717) is 17.5 Å². The fourth-order valence-corrected chi connectivity index (χ4v) is 4.52. The molecule has 1 N–H and O–H groups in total. The van der Waals surface area contributed by atoms with Crippen molar-refractivity contribution in [3.63, 3.8) is 0 Å². The average molecular weight is 447 g/mol. The van der Waals surface area contributed by atoms with Crippen LogP contribution in [0.1, 0.15) is 72.5 Å². The maximum absolute atomic E-state index is 13.0. The number of hydrogen-bond donors (Lipinski definition) is 1. The van der Waals surface area contributed by atoms with Crippen LogP contribution in [0.15, 0.2) is 51.7 Å². The Labute approximate surface area is 195 Å². The number of aryl methyl sites for hydroxylation is 2. The van der Waals surface area contributed by atoms with Crippen LogP contribution in [0.5, 0.6) is 0 Å². The van der Waals surface area contributed by atoms with E-state index in [4.69, 9.17) is 4.42 Å². The molecule has 1 fully saturated rings. The molecule has 1 aromatic heterocycles. The Kier molecular flexibility index (Phi) is 6.44. The molecule has 0 saturated carbocycles. The molecule has 4 rings (SSSR count). The number of carbonyl (C=O) groups excluding carboxylic acids is 1. The van der Waals surface area contributed by atoms with E-state index in [2.05, 4.69) is 55.3 Å². The van der Waals surface area contributed by atoms with Crippen LogP contribution in [0, 0.1) is 13.8 Å². The molecule has 0 radical (unpaired) electrons. The maximum atomic E-state index is 13.0. The SMILES string of the molecule is Cc1cc2oc(C(=O)NC[C@H](c3ccc(C(C)(C)C)cc3)N3CCCC3)cc(=O)c2cc1C. The molecule has 0 aliphatic carbocycles. The third-order valence-electron chi connectivity index (χ3n) is 6.77. The normalized spacial score (nSPS) is 15.7. The molecule has 5 nitrogen and oxygen atoms in total. The Hall–Kier alpha value is -2.92. The number of likely N-dealkylation sites (tertiary alicyclic amines) is 1. The number of nitrogens with one attached hydrogen (secondary N) is 1. The molecule has 174 valence electrons. The summed E-state index contributed by atoms with van der Waals surface area (Å²) in [7, 11) is 0. The minimum Gasteiger partial charge on any atom is -0.451 e. The van der Waals surface area contributed by atoms with Crippen molar-refractivity contribution in [1.29, 1.82) is 0 Å². The summed E-state index contributed by atoms with van der Waals surface area (Å²) in [6.07, 6.45) is 2.34. The Morgan fingerprint density at radius 3 is 2.30 bits per heavy atom. The Morgan fingerprint density at radius 2 is 1.67 bits per heavy atom. The van der Waals surface area contributed by atoms with Crippen LogP contribution in [0.25, 0.3) is 11.0 Å². The highest BCUT2D eigenvalue weighted by Crippen LogP contribution is 2.28. The molecule has 3 aromatic rings. The number of benzene rings is 2. The van der Waals surface area contributed by atoms with Crippen molar-refractivity contribution in [3.05, 3.63) is 80.7 Å². The third kappa shape index (κ3) is 5.03. The van der Waals surface area contributed by atoms with Gasteiger partial charge in [0.2, 0.25) is 0 Å². The molecule has 1 atom stereocenters. The number of amides is 1.